The summed E-state index contributed by atoms with van der Waals surface area (Å²) in [6.07, 6.45) is 0.844. The van der Waals surface area contributed by atoms with Crippen LogP contribution in [0.15, 0.2) is 18.2 Å². The van der Waals surface area contributed by atoms with Gasteiger partial charge in [-0.25, -0.2) is 0 Å². The van der Waals surface area contributed by atoms with E-state index in [4.69, 9.17) is 14.2 Å². The Morgan fingerprint density at radius 3 is 2.35 bits per heavy atom. The van der Waals surface area contributed by atoms with Crippen LogP contribution >= 0.6 is 0 Å². The molecule has 0 amide bonds. The molecule has 0 radical (unpaired) electrons. The van der Waals surface area contributed by atoms with Crippen LogP contribution in [-0.2, 0) is 9.53 Å². The number of carbonyl (C=O) groups is 1. The summed E-state index contributed by atoms with van der Waals surface area (Å²) in [5, 5.41) is 3.25. The minimum Gasteiger partial charge on any atom is -0.493 e. The van der Waals surface area contributed by atoms with Crippen molar-refractivity contribution in [2.75, 3.05) is 21.3 Å². The molecule has 0 saturated heterocycles. The van der Waals surface area contributed by atoms with Crippen LogP contribution in [0.3, 0.4) is 0 Å². The number of nitrogens with one attached hydrogen (secondary N) is 1. The van der Waals surface area contributed by atoms with Gasteiger partial charge in [-0.1, -0.05) is 13.0 Å². The van der Waals surface area contributed by atoms with Crippen molar-refractivity contribution in [3.8, 4) is 11.5 Å². The average Bonchev–Trinajstić information content (AvgIpc) is 2.50. The van der Waals surface area contributed by atoms with Gasteiger partial charge in [0.05, 0.1) is 21.3 Å². The number of esters is 1. The Bertz CT molecular complexity index is 447. The van der Waals surface area contributed by atoms with Crippen molar-refractivity contribution in [1.29, 1.82) is 0 Å². The Hall–Kier alpha value is -1.75. The van der Waals surface area contributed by atoms with Crippen molar-refractivity contribution < 1.29 is 19.0 Å². The molecule has 0 aliphatic heterocycles. The summed E-state index contributed by atoms with van der Waals surface area (Å²) in [6, 6.07) is 5.43. The van der Waals surface area contributed by atoms with Crippen molar-refractivity contribution in [3.05, 3.63) is 23.8 Å². The maximum Gasteiger partial charge on any atom is 0.322 e. The van der Waals surface area contributed by atoms with Crippen LogP contribution in [0, 0.1) is 0 Å². The number of ether oxygens (including phenoxy) is 3. The molecule has 2 atom stereocenters. The Morgan fingerprint density at radius 2 is 1.85 bits per heavy atom. The van der Waals surface area contributed by atoms with Crippen molar-refractivity contribution in [2.45, 2.75) is 32.4 Å². The van der Waals surface area contributed by atoms with Gasteiger partial charge in [0, 0.05) is 6.04 Å². The van der Waals surface area contributed by atoms with Gasteiger partial charge >= 0.3 is 5.97 Å². The number of methoxy groups -OCH3 is 3. The quantitative estimate of drug-likeness (QED) is 0.777. The minimum atomic E-state index is -0.363. The molecule has 1 N–H and O–H groups in total. The highest BCUT2D eigenvalue weighted by atomic mass is 16.5. The topological polar surface area (TPSA) is 56.8 Å². The van der Waals surface area contributed by atoms with E-state index in [1.54, 1.807) is 21.1 Å². The summed E-state index contributed by atoms with van der Waals surface area (Å²) in [4.78, 5) is 11.5. The summed E-state index contributed by atoms with van der Waals surface area (Å²) in [5.41, 5.74) is 1.04. The fraction of sp³-hybridized carbons (Fsp3) is 0.533. The molecule has 5 nitrogen and oxygen atoms in total. The van der Waals surface area contributed by atoms with Crippen molar-refractivity contribution in [2.24, 2.45) is 0 Å². The number of rotatable bonds is 7. The lowest BCUT2D eigenvalue weighted by Crippen LogP contribution is -2.37. The molecule has 0 aromatic heterocycles. The third-order valence-electron chi connectivity index (χ3n) is 3.22. The third-order valence-corrected chi connectivity index (χ3v) is 3.22. The monoisotopic (exact) mass is 281 g/mol. The fourth-order valence-corrected chi connectivity index (χ4v) is 2.07. The van der Waals surface area contributed by atoms with E-state index in [2.05, 4.69) is 12.2 Å². The van der Waals surface area contributed by atoms with Crippen LogP contribution in [0.4, 0.5) is 0 Å². The highest BCUT2D eigenvalue weighted by molar-refractivity contribution is 5.75. The predicted molar refractivity (Wildman–Crippen MR) is 77.2 cm³/mol. The summed E-state index contributed by atoms with van der Waals surface area (Å²) >= 11 is 0. The van der Waals surface area contributed by atoms with Gasteiger partial charge in [0.15, 0.2) is 11.5 Å². The van der Waals surface area contributed by atoms with Crippen molar-refractivity contribution >= 4 is 5.97 Å². The maximum atomic E-state index is 11.5. The zero-order valence-electron chi connectivity index (χ0n) is 12.7. The lowest BCUT2D eigenvalue weighted by atomic mass is 10.0. The lowest BCUT2D eigenvalue weighted by Gasteiger charge is -2.22. The largest absolute Gasteiger partial charge is 0.493 e. The Labute approximate surface area is 120 Å². The first-order valence-corrected chi connectivity index (χ1v) is 6.63. The minimum absolute atomic E-state index is 0.0453. The van der Waals surface area contributed by atoms with Gasteiger partial charge < -0.3 is 14.2 Å². The summed E-state index contributed by atoms with van der Waals surface area (Å²) < 4.78 is 15.3. The molecule has 0 heterocycles. The number of benzene rings is 1. The van der Waals surface area contributed by atoms with Gasteiger partial charge in [-0.05, 0) is 31.0 Å². The standard InChI is InChI=1S/C15H23NO4/c1-6-12(16-10(2)15(17)20-5)11-7-8-13(18-3)14(9-11)19-4/h7-10,12,16H,6H2,1-5H3. The second-order valence-corrected chi connectivity index (χ2v) is 4.49. The van der Waals surface area contributed by atoms with Gasteiger partial charge in [-0.15, -0.1) is 0 Å². The smallest absolute Gasteiger partial charge is 0.322 e. The molecule has 0 fully saturated rings. The highest BCUT2D eigenvalue weighted by Crippen LogP contribution is 2.31. The van der Waals surface area contributed by atoms with E-state index in [-0.39, 0.29) is 18.1 Å². The zero-order valence-corrected chi connectivity index (χ0v) is 12.7. The van der Waals surface area contributed by atoms with Gasteiger partial charge in [-0.3, -0.25) is 10.1 Å². The molecule has 1 aromatic carbocycles. The van der Waals surface area contributed by atoms with E-state index in [0.29, 0.717) is 11.5 Å². The molecule has 0 spiro atoms. The van der Waals surface area contributed by atoms with Gasteiger partial charge in [0.25, 0.3) is 0 Å². The third kappa shape index (κ3) is 3.87. The predicted octanol–water partition coefficient (Wildman–Crippen LogP) is 2.31. The average molecular weight is 281 g/mol. The van der Waals surface area contributed by atoms with Gasteiger partial charge in [-0.2, -0.15) is 0 Å². The fourth-order valence-electron chi connectivity index (χ4n) is 2.07. The first-order valence-electron chi connectivity index (χ1n) is 6.63. The first kappa shape index (κ1) is 16.3. The molecule has 2 unspecified atom stereocenters. The Balaban J connectivity index is 2.92. The van der Waals surface area contributed by atoms with Gasteiger partial charge in [0.1, 0.15) is 6.04 Å². The molecule has 0 bridgehead atoms. The van der Waals surface area contributed by atoms with E-state index < -0.39 is 0 Å². The second kappa shape index (κ2) is 7.75. The number of hydrogen-bond donors (Lipinski definition) is 1. The number of carbonyl (C=O) groups excluding carboxylic acids is 1. The first-order chi connectivity index (χ1) is 9.57. The zero-order chi connectivity index (χ0) is 15.1. The molecule has 0 aliphatic rings. The van der Waals surface area contributed by atoms with Crippen LogP contribution in [0.1, 0.15) is 31.9 Å². The molecule has 0 aliphatic carbocycles. The molecule has 5 heteroatoms. The second-order valence-electron chi connectivity index (χ2n) is 4.49. The highest BCUT2D eigenvalue weighted by Gasteiger charge is 2.19. The molecular weight excluding hydrogens is 258 g/mol. The lowest BCUT2D eigenvalue weighted by molar-refractivity contribution is -0.142. The van der Waals surface area contributed by atoms with Gasteiger partial charge in [0.2, 0.25) is 0 Å². The van der Waals surface area contributed by atoms with Crippen molar-refractivity contribution in [1.82, 2.24) is 5.32 Å². The summed E-state index contributed by atoms with van der Waals surface area (Å²) in [7, 11) is 4.59. The molecule has 112 valence electrons. The molecule has 20 heavy (non-hydrogen) atoms. The molecule has 1 aromatic rings. The van der Waals surface area contributed by atoms with Crippen LogP contribution in [0.25, 0.3) is 0 Å². The SMILES string of the molecule is CCC(NC(C)C(=O)OC)c1ccc(OC)c(OC)c1. The van der Waals surface area contributed by atoms with E-state index in [1.165, 1.54) is 7.11 Å². The number of hydrogen-bond acceptors (Lipinski definition) is 5. The van der Waals surface area contributed by atoms with E-state index >= 15 is 0 Å². The Kier molecular flexibility index (Phi) is 6.31. The van der Waals surface area contributed by atoms with Crippen LogP contribution in [0.5, 0.6) is 11.5 Å². The Morgan fingerprint density at radius 1 is 1.20 bits per heavy atom. The summed E-state index contributed by atoms with van der Waals surface area (Å²) in [6.45, 7) is 3.84. The van der Waals surface area contributed by atoms with Crippen LogP contribution in [0.2, 0.25) is 0 Å². The molecular formula is C15H23NO4. The van der Waals surface area contributed by atoms with Crippen molar-refractivity contribution in [3.63, 3.8) is 0 Å². The van der Waals surface area contributed by atoms with Crippen LogP contribution < -0.4 is 14.8 Å². The van der Waals surface area contributed by atoms with Crippen LogP contribution in [-0.4, -0.2) is 33.3 Å². The van der Waals surface area contributed by atoms with E-state index in [1.807, 2.05) is 18.2 Å². The summed E-state index contributed by atoms with van der Waals surface area (Å²) in [5.74, 6) is 1.09. The maximum absolute atomic E-state index is 11.5. The molecule has 0 saturated carbocycles. The molecule has 1 rings (SSSR count). The van der Waals surface area contributed by atoms with E-state index in [0.717, 1.165) is 12.0 Å². The normalized spacial score (nSPS) is 13.4. The van der Waals surface area contributed by atoms with E-state index in [9.17, 15) is 4.79 Å².